The van der Waals surface area contributed by atoms with Crippen LogP contribution in [0.1, 0.15) is 19.3 Å². The van der Waals surface area contributed by atoms with Crippen LogP contribution in [0.5, 0.6) is 0 Å². The van der Waals surface area contributed by atoms with Crippen molar-refractivity contribution in [1.82, 2.24) is 4.90 Å². The molecular weight excluding hydrogens is 166 g/mol. The molecule has 3 rings (SSSR count). The highest BCUT2D eigenvalue weighted by atomic mass is 16.2. The Morgan fingerprint density at radius 1 is 1.08 bits per heavy atom. The molecule has 70 valence electrons. The van der Waals surface area contributed by atoms with Gasteiger partial charge in [0.05, 0.1) is 11.8 Å². The summed E-state index contributed by atoms with van der Waals surface area (Å²) in [7, 11) is 1.63. The number of likely N-dealkylation sites (tertiary alicyclic amines) is 1. The minimum Gasteiger partial charge on any atom is -0.285 e. The second kappa shape index (κ2) is 2.14. The fraction of sp³-hybridized carbons (Fsp3) is 0.800. The third-order valence-corrected chi connectivity index (χ3v) is 4.15. The van der Waals surface area contributed by atoms with Gasteiger partial charge in [-0.3, -0.25) is 14.5 Å². The highest BCUT2D eigenvalue weighted by Crippen LogP contribution is 2.55. The van der Waals surface area contributed by atoms with Gasteiger partial charge in [-0.1, -0.05) is 0 Å². The number of carbonyl (C=O) groups excluding carboxylic acids is 2. The molecular formula is C10H13NO2. The quantitative estimate of drug-likeness (QED) is 0.512. The number of amides is 2. The molecule has 0 aromatic carbocycles. The Morgan fingerprint density at radius 2 is 1.54 bits per heavy atom. The van der Waals surface area contributed by atoms with Crippen molar-refractivity contribution >= 4 is 11.8 Å². The summed E-state index contributed by atoms with van der Waals surface area (Å²) in [6, 6.07) is 0. The van der Waals surface area contributed by atoms with Crippen LogP contribution in [-0.2, 0) is 9.59 Å². The molecule has 2 amide bonds. The van der Waals surface area contributed by atoms with Gasteiger partial charge in [-0.15, -0.1) is 0 Å². The van der Waals surface area contributed by atoms with E-state index in [1.807, 2.05) is 0 Å². The Hall–Kier alpha value is -0.860. The van der Waals surface area contributed by atoms with Gasteiger partial charge >= 0.3 is 0 Å². The maximum absolute atomic E-state index is 11.7. The van der Waals surface area contributed by atoms with E-state index in [2.05, 4.69) is 0 Å². The molecule has 2 bridgehead atoms. The molecule has 0 unspecified atom stereocenters. The Kier molecular flexibility index (Phi) is 1.24. The second-order valence-electron chi connectivity index (χ2n) is 4.62. The molecule has 1 heterocycles. The molecule has 0 spiro atoms. The first-order valence-electron chi connectivity index (χ1n) is 5.01. The van der Waals surface area contributed by atoms with Crippen LogP contribution in [0.3, 0.4) is 0 Å². The third kappa shape index (κ3) is 0.713. The van der Waals surface area contributed by atoms with Gasteiger partial charge in [0.1, 0.15) is 0 Å². The standard InChI is InChI=1S/C10H13NO2/c1-11-9(12)7-5-2-3-6(4-5)8(7)10(11)13/h5-8H,2-4H2,1H3/t5-,6+,7-,8+. The van der Waals surface area contributed by atoms with Crippen molar-refractivity contribution in [3.05, 3.63) is 0 Å². The van der Waals surface area contributed by atoms with Gasteiger partial charge in [-0.25, -0.2) is 0 Å². The molecule has 2 saturated carbocycles. The smallest absolute Gasteiger partial charge is 0.233 e. The van der Waals surface area contributed by atoms with Crippen LogP contribution >= 0.6 is 0 Å². The number of fused-ring (bicyclic) bond motifs is 5. The lowest BCUT2D eigenvalue weighted by Gasteiger charge is -2.19. The van der Waals surface area contributed by atoms with Gasteiger partial charge < -0.3 is 0 Å². The van der Waals surface area contributed by atoms with Gasteiger partial charge in [0.15, 0.2) is 0 Å². The molecule has 3 fully saturated rings. The van der Waals surface area contributed by atoms with Crippen molar-refractivity contribution < 1.29 is 9.59 Å². The van der Waals surface area contributed by atoms with E-state index in [9.17, 15) is 9.59 Å². The van der Waals surface area contributed by atoms with E-state index in [4.69, 9.17) is 0 Å². The molecule has 0 N–H and O–H groups in total. The van der Waals surface area contributed by atoms with Crippen molar-refractivity contribution in [2.75, 3.05) is 7.05 Å². The van der Waals surface area contributed by atoms with E-state index in [0.717, 1.165) is 6.42 Å². The highest BCUT2D eigenvalue weighted by molar-refractivity contribution is 6.05. The summed E-state index contributed by atoms with van der Waals surface area (Å²) in [5, 5.41) is 0. The Balaban J connectivity index is 2.03. The van der Waals surface area contributed by atoms with E-state index in [-0.39, 0.29) is 23.7 Å². The summed E-state index contributed by atoms with van der Waals surface area (Å²) in [6.07, 6.45) is 3.46. The van der Waals surface area contributed by atoms with Crippen molar-refractivity contribution in [2.24, 2.45) is 23.7 Å². The third-order valence-electron chi connectivity index (χ3n) is 4.15. The van der Waals surface area contributed by atoms with E-state index in [1.54, 1.807) is 7.05 Å². The molecule has 3 aliphatic rings. The van der Waals surface area contributed by atoms with Gasteiger partial charge in [-0.05, 0) is 31.1 Å². The predicted octanol–water partition coefficient (Wildman–Crippen LogP) is 0.647. The first-order valence-corrected chi connectivity index (χ1v) is 5.01. The molecule has 1 saturated heterocycles. The van der Waals surface area contributed by atoms with Crippen LogP contribution in [0, 0.1) is 23.7 Å². The summed E-state index contributed by atoms with van der Waals surface area (Å²) >= 11 is 0. The molecule has 13 heavy (non-hydrogen) atoms. The Morgan fingerprint density at radius 3 is 2.00 bits per heavy atom. The highest BCUT2D eigenvalue weighted by Gasteiger charge is 2.59. The first-order chi connectivity index (χ1) is 6.20. The van der Waals surface area contributed by atoms with Gasteiger partial charge in [0, 0.05) is 7.05 Å². The summed E-state index contributed by atoms with van der Waals surface area (Å²) in [4.78, 5) is 24.7. The lowest BCUT2D eigenvalue weighted by atomic mass is 9.81. The lowest BCUT2D eigenvalue weighted by molar-refractivity contribution is -0.139. The largest absolute Gasteiger partial charge is 0.285 e. The zero-order valence-corrected chi connectivity index (χ0v) is 7.69. The van der Waals surface area contributed by atoms with Crippen molar-refractivity contribution in [1.29, 1.82) is 0 Å². The fourth-order valence-electron chi connectivity index (χ4n) is 3.56. The van der Waals surface area contributed by atoms with E-state index in [0.29, 0.717) is 11.8 Å². The minimum atomic E-state index is 0.0660. The van der Waals surface area contributed by atoms with Crippen LogP contribution in [0.15, 0.2) is 0 Å². The molecule has 0 aromatic rings. The Labute approximate surface area is 77.1 Å². The van der Waals surface area contributed by atoms with E-state index >= 15 is 0 Å². The summed E-state index contributed by atoms with van der Waals surface area (Å²) < 4.78 is 0. The molecule has 4 atom stereocenters. The number of rotatable bonds is 0. The maximum Gasteiger partial charge on any atom is 0.233 e. The molecule has 0 radical (unpaired) electrons. The van der Waals surface area contributed by atoms with E-state index < -0.39 is 0 Å². The predicted molar refractivity (Wildman–Crippen MR) is 45.6 cm³/mol. The minimum absolute atomic E-state index is 0.0660. The number of carbonyl (C=O) groups is 2. The molecule has 3 heteroatoms. The number of nitrogens with zero attached hydrogens (tertiary/aromatic N) is 1. The van der Waals surface area contributed by atoms with Gasteiger partial charge in [0.2, 0.25) is 11.8 Å². The number of hydrogen-bond acceptors (Lipinski definition) is 2. The normalized spacial score (nSPS) is 47.6. The van der Waals surface area contributed by atoms with Crippen molar-refractivity contribution in [2.45, 2.75) is 19.3 Å². The van der Waals surface area contributed by atoms with Crippen LogP contribution in [0.2, 0.25) is 0 Å². The van der Waals surface area contributed by atoms with Crippen LogP contribution < -0.4 is 0 Å². The van der Waals surface area contributed by atoms with Crippen LogP contribution in [0.25, 0.3) is 0 Å². The van der Waals surface area contributed by atoms with Gasteiger partial charge in [-0.2, -0.15) is 0 Å². The molecule has 3 nitrogen and oxygen atoms in total. The van der Waals surface area contributed by atoms with Crippen LogP contribution in [-0.4, -0.2) is 23.8 Å². The lowest BCUT2D eigenvalue weighted by Crippen LogP contribution is -2.28. The zero-order valence-electron chi connectivity index (χ0n) is 7.69. The van der Waals surface area contributed by atoms with Crippen LogP contribution in [0.4, 0.5) is 0 Å². The zero-order chi connectivity index (χ0) is 9.16. The summed E-state index contributed by atoms with van der Waals surface area (Å²) in [5.41, 5.74) is 0. The molecule has 2 aliphatic carbocycles. The summed E-state index contributed by atoms with van der Waals surface area (Å²) in [6.45, 7) is 0. The topological polar surface area (TPSA) is 37.4 Å². The monoisotopic (exact) mass is 179 g/mol. The van der Waals surface area contributed by atoms with Crippen molar-refractivity contribution in [3.8, 4) is 0 Å². The average Bonchev–Trinajstić information content (AvgIpc) is 2.76. The SMILES string of the molecule is CN1C(=O)[C@@H]2[C@@H]3CC[C@@H](C3)[C@@H]2C1=O. The number of imide groups is 1. The fourth-order valence-corrected chi connectivity index (χ4v) is 3.56. The number of hydrogen-bond donors (Lipinski definition) is 0. The summed E-state index contributed by atoms with van der Waals surface area (Å²) in [5.74, 6) is 1.35. The first kappa shape index (κ1) is 7.54. The second-order valence-corrected chi connectivity index (χ2v) is 4.62. The average molecular weight is 179 g/mol. The van der Waals surface area contributed by atoms with E-state index in [1.165, 1.54) is 17.7 Å². The molecule has 0 aromatic heterocycles. The maximum atomic E-state index is 11.7. The molecule has 1 aliphatic heterocycles. The van der Waals surface area contributed by atoms with Crippen molar-refractivity contribution in [3.63, 3.8) is 0 Å². The van der Waals surface area contributed by atoms with Gasteiger partial charge in [0.25, 0.3) is 0 Å². The Bertz CT molecular complexity index is 271.